The molecule has 0 radical (unpaired) electrons. The van der Waals surface area contributed by atoms with E-state index in [0.29, 0.717) is 6.54 Å². The van der Waals surface area contributed by atoms with Gasteiger partial charge in [0.15, 0.2) is 5.13 Å². The molecule has 0 aromatic carbocycles. The van der Waals surface area contributed by atoms with Crippen LogP contribution in [0.15, 0.2) is 34.7 Å². The molecule has 20 heavy (non-hydrogen) atoms. The summed E-state index contributed by atoms with van der Waals surface area (Å²) in [6, 6.07) is 3.22. The molecule has 3 rings (SSSR count). The Kier molecular flexibility index (Phi) is 4.08. The Hall–Kier alpha value is -1.73. The van der Waals surface area contributed by atoms with E-state index >= 15 is 0 Å². The molecule has 106 valence electrons. The molecule has 0 saturated carbocycles. The Labute approximate surface area is 121 Å². The van der Waals surface area contributed by atoms with E-state index in [1.165, 1.54) is 4.68 Å². The van der Waals surface area contributed by atoms with Crippen molar-refractivity contribution in [1.29, 1.82) is 0 Å². The van der Waals surface area contributed by atoms with E-state index in [-0.39, 0.29) is 5.56 Å². The van der Waals surface area contributed by atoms with Crippen LogP contribution in [0.3, 0.4) is 0 Å². The number of rotatable bonds is 4. The van der Waals surface area contributed by atoms with Crippen molar-refractivity contribution in [3.05, 3.63) is 40.3 Å². The van der Waals surface area contributed by atoms with E-state index in [1.54, 1.807) is 29.7 Å². The molecule has 0 atom stereocenters. The van der Waals surface area contributed by atoms with E-state index in [0.717, 1.165) is 37.9 Å². The molecule has 0 aliphatic carbocycles. The third-order valence-electron chi connectivity index (χ3n) is 3.48. The summed E-state index contributed by atoms with van der Waals surface area (Å²) in [7, 11) is 0. The van der Waals surface area contributed by atoms with Gasteiger partial charge >= 0.3 is 0 Å². The van der Waals surface area contributed by atoms with E-state index < -0.39 is 0 Å². The highest BCUT2D eigenvalue weighted by atomic mass is 32.1. The molecule has 1 fully saturated rings. The summed E-state index contributed by atoms with van der Waals surface area (Å²) in [6.45, 7) is 5.50. The van der Waals surface area contributed by atoms with Crippen LogP contribution in [-0.4, -0.2) is 52.4 Å². The number of nitrogens with zero attached hydrogens (tertiary/aromatic N) is 5. The fraction of sp³-hybridized carbons (Fsp3) is 0.462. The second-order valence-electron chi connectivity index (χ2n) is 4.73. The van der Waals surface area contributed by atoms with Crippen LogP contribution in [-0.2, 0) is 6.54 Å². The van der Waals surface area contributed by atoms with Crippen LogP contribution < -0.4 is 10.5 Å². The lowest BCUT2D eigenvalue weighted by Gasteiger charge is -2.34. The summed E-state index contributed by atoms with van der Waals surface area (Å²) in [6.07, 6.45) is 3.50. The average Bonchev–Trinajstić information content (AvgIpc) is 3.01. The van der Waals surface area contributed by atoms with Gasteiger partial charge in [-0.15, -0.1) is 11.3 Å². The fourth-order valence-electron chi connectivity index (χ4n) is 2.33. The minimum absolute atomic E-state index is 0.0334. The zero-order chi connectivity index (χ0) is 13.8. The maximum atomic E-state index is 11.6. The van der Waals surface area contributed by atoms with Gasteiger partial charge in [0.05, 0.1) is 6.54 Å². The van der Waals surface area contributed by atoms with Crippen molar-refractivity contribution in [2.24, 2.45) is 0 Å². The molecule has 0 amide bonds. The zero-order valence-electron chi connectivity index (χ0n) is 11.2. The molecular weight excluding hydrogens is 274 g/mol. The monoisotopic (exact) mass is 291 g/mol. The van der Waals surface area contributed by atoms with Crippen LogP contribution in [0.2, 0.25) is 0 Å². The quantitative estimate of drug-likeness (QED) is 0.822. The Morgan fingerprint density at radius 1 is 1.15 bits per heavy atom. The van der Waals surface area contributed by atoms with Gasteiger partial charge < -0.3 is 4.90 Å². The van der Waals surface area contributed by atoms with Gasteiger partial charge in [0.25, 0.3) is 5.56 Å². The number of hydrogen-bond acceptors (Lipinski definition) is 6. The molecule has 0 N–H and O–H groups in total. The van der Waals surface area contributed by atoms with Gasteiger partial charge in [0.2, 0.25) is 0 Å². The van der Waals surface area contributed by atoms with Gasteiger partial charge in [0, 0.05) is 56.6 Å². The maximum Gasteiger partial charge on any atom is 0.266 e. The first-order chi connectivity index (χ1) is 9.83. The Morgan fingerprint density at radius 3 is 2.70 bits per heavy atom. The topological polar surface area (TPSA) is 54.3 Å². The lowest BCUT2D eigenvalue weighted by Crippen LogP contribution is -2.47. The Balaban J connectivity index is 1.50. The van der Waals surface area contributed by atoms with Crippen LogP contribution in [0.1, 0.15) is 0 Å². The highest BCUT2D eigenvalue weighted by Crippen LogP contribution is 2.18. The highest BCUT2D eigenvalue weighted by Gasteiger charge is 2.18. The van der Waals surface area contributed by atoms with Crippen molar-refractivity contribution in [2.75, 3.05) is 37.6 Å². The molecule has 2 aromatic heterocycles. The molecule has 0 bridgehead atoms. The van der Waals surface area contributed by atoms with E-state index in [4.69, 9.17) is 0 Å². The van der Waals surface area contributed by atoms with Crippen molar-refractivity contribution in [1.82, 2.24) is 19.7 Å². The summed E-state index contributed by atoms with van der Waals surface area (Å²) >= 11 is 1.68. The minimum atomic E-state index is -0.0334. The summed E-state index contributed by atoms with van der Waals surface area (Å²) in [4.78, 5) is 20.6. The summed E-state index contributed by atoms with van der Waals surface area (Å²) < 4.78 is 1.52. The van der Waals surface area contributed by atoms with Crippen LogP contribution in [0.25, 0.3) is 0 Å². The first-order valence-corrected chi connectivity index (χ1v) is 7.60. The molecule has 1 aliphatic rings. The van der Waals surface area contributed by atoms with Gasteiger partial charge in [-0.25, -0.2) is 9.67 Å². The van der Waals surface area contributed by atoms with Crippen LogP contribution >= 0.6 is 11.3 Å². The van der Waals surface area contributed by atoms with Crippen LogP contribution in [0.5, 0.6) is 0 Å². The second-order valence-corrected chi connectivity index (χ2v) is 5.60. The molecule has 7 heteroatoms. The molecule has 0 spiro atoms. The highest BCUT2D eigenvalue weighted by molar-refractivity contribution is 7.13. The van der Waals surface area contributed by atoms with Gasteiger partial charge in [0.1, 0.15) is 0 Å². The van der Waals surface area contributed by atoms with Crippen LogP contribution in [0.4, 0.5) is 5.13 Å². The molecule has 1 aliphatic heterocycles. The van der Waals surface area contributed by atoms with E-state index in [9.17, 15) is 4.79 Å². The first-order valence-electron chi connectivity index (χ1n) is 6.72. The maximum absolute atomic E-state index is 11.6. The van der Waals surface area contributed by atoms with Crippen molar-refractivity contribution >= 4 is 16.5 Å². The van der Waals surface area contributed by atoms with Gasteiger partial charge in [-0.3, -0.25) is 9.69 Å². The van der Waals surface area contributed by atoms with Crippen molar-refractivity contribution in [3.8, 4) is 0 Å². The largest absolute Gasteiger partial charge is 0.346 e. The molecule has 6 nitrogen and oxygen atoms in total. The van der Waals surface area contributed by atoms with Crippen molar-refractivity contribution in [3.63, 3.8) is 0 Å². The molecule has 1 saturated heterocycles. The van der Waals surface area contributed by atoms with Crippen molar-refractivity contribution < 1.29 is 0 Å². The molecule has 0 unspecified atom stereocenters. The number of hydrogen-bond donors (Lipinski definition) is 0. The Bertz CT molecular complexity index is 589. The summed E-state index contributed by atoms with van der Waals surface area (Å²) in [5, 5.41) is 7.19. The normalized spacial score (nSPS) is 16.5. The van der Waals surface area contributed by atoms with E-state index in [2.05, 4.69) is 19.9 Å². The second kappa shape index (κ2) is 6.15. The van der Waals surface area contributed by atoms with Gasteiger partial charge in [-0.05, 0) is 6.07 Å². The molecule has 3 heterocycles. The number of anilines is 1. The number of piperazine rings is 1. The average molecular weight is 291 g/mol. The predicted molar refractivity (Wildman–Crippen MR) is 79.3 cm³/mol. The smallest absolute Gasteiger partial charge is 0.266 e. The van der Waals surface area contributed by atoms with E-state index in [1.807, 2.05) is 11.6 Å². The van der Waals surface area contributed by atoms with Gasteiger partial charge in [-0.2, -0.15) is 5.10 Å². The third kappa shape index (κ3) is 3.05. The minimum Gasteiger partial charge on any atom is -0.346 e. The number of thiazole rings is 1. The van der Waals surface area contributed by atoms with Gasteiger partial charge in [-0.1, -0.05) is 0 Å². The standard InChI is InChI=1S/C13H17N5OS/c19-12-2-1-3-15-18(12)10-7-16-5-8-17(9-6-16)13-14-4-11-20-13/h1-4,11H,5-10H2. The number of aromatic nitrogens is 3. The van der Waals surface area contributed by atoms with Crippen molar-refractivity contribution in [2.45, 2.75) is 6.54 Å². The third-order valence-corrected chi connectivity index (χ3v) is 4.31. The molecule has 2 aromatic rings. The summed E-state index contributed by atoms with van der Waals surface area (Å²) in [5.74, 6) is 0. The lowest BCUT2D eigenvalue weighted by atomic mass is 10.3. The van der Waals surface area contributed by atoms with Crippen LogP contribution in [0, 0.1) is 0 Å². The predicted octanol–water partition coefficient (Wildman–Crippen LogP) is 0.522. The molecular formula is C13H17N5OS. The first kappa shape index (κ1) is 13.3. The summed E-state index contributed by atoms with van der Waals surface area (Å²) in [5.41, 5.74) is -0.0334. The SMILES string of the molecule is O=c1cccnn1CCN1CCN(c2nccs2)CC1. The Morgan fingerprint density at radius 2 is 2.00 bits per heavy atom. The lowest BCUT2D eigenvalue weighted by molar-refractivity contribution is 0.242. The zero-order valence-corrected chi connectivity index (χ0v) is 12.0. The fourth-order valence-corrected chi connectivity index (χ4v) is 3.02.